The fourth-order valence-electron chi connectivity index (χ4n) is 7.55. The maximum Gasteiger partial charge on any atom is 0.408 e. The number of nitrogens with one attached hydrogen (secondary N) is 6. The minimum atomic E-state index is -1.80. The first kappa shape index (κ1) is 65.2. The smallest absolute Gasteiger partial charge is 0.408 e. The Kier molecular flexibility index (Phi) is 24.2. The summed E-state index contributed by atoms with van der Waals surface area (Å²) in [7, 11) is 0. The van der Waals surface area contributed by atoms with E-state index in [0.29, 0.717) is 5.56 Å². The Hall–Kier alpha value is -6.81. The molecule has 0 aliphatic heterocycles. The third-order valence-electron chi connectivity index (χ3n) is 11.9. The number of ether oxygens (including phenoxy) is 2. The molecular formula is C51H81N7O16. The molecule has 0 aromatic heterocycles. The first-order valence-corrected chi connectivity index (χ1v) is 24.3. The second kappa shape index (κ2) is 27.5. The van der Waals surface area contributed by atoms with Gasteiger partial charge >= 0.3 is 30.0 Å². The summed E-state index contributed by atoms with van der Waals surface area (Å²) in [6, 6.07) is -1.23. The number of benzene rings is 1. The predicted molar refractivity (Wildman–Crippen MR) is 269 cm³/mol. The maximum absolute atomic E-state index is 14.5. The number of aliphatic carboxylic acids is 3. The highest BCUT2D eigenvalue weighted by molar-refractivity contribution is 5.97. The van der Waals surface area contributed by atoms with Crippen LogP contribution in [0.2, 0.25) is 0 Å². The van der Waals surface area contributed by atoms with Crippen molar-refractivity contribution in [3.8, 4) is 0 Å². The molecule has 74 heavy (non-hydrogen) atoms. The topological polar surface area (TPSA) is 365 Å². The molecule has 0 aliphatic rings. The number of esters is 1. The van der Waals surface area contributed by atoms with Gasteiger partial charge in [-0.2, -0.15) is 0 Å². The van der Waals surface area contributed by atoms with Crippen molar-refractivity contribution in [3.05, 3.63) is 35.9 Å². The minimum Gasteiger partial charge on any atom is -0.481 e. The van der Waals surface area contributed by atoms with Crippen molar-refractivity contribution in [2.75, 3.05) is 0 Å². The molecule has 0 bridgehead atoms. The van der Waals surface area contributed by atoms with Gasteiger partial charge in [0.25, 0.3) is 0 Å². The van der Waals surface area contributed by atoms with Gasteiger partial charge in [-0.1, -0.05) is 106 Å². The molecule has 0 heterocycles. The van der Waals surface area contributed by atoms with Crippen LogP contribution in [0.4, 0.5) is 4.79 Å². The molecule has 1 aromatic carbocycles. The van der Waals surface area contributed by atoms with Gasteiger partial charge in [0.1, 0.15) is 48.5 Å². The van der Waals surface area contributed by atoms with Crippen LogP contribution in [-0.4, -0.2) is 123 Å². The SMILES string of the molecule is CC(C)[C@H](NC(=O)OCc1ccccc1)C(=O)N[C@@H](CC(C(=O)O)C(C)(C)C)C(=O)N[C@@H](CC(C(=O)O)C(C)(C)C)C(=O)N[C@@H](C)C(=O)N[C@@H](CC(C(=O)O)C(C)(C)C)C(=O)N[C@@H](CC(N)=O)C(=O)OC(C)(C)C. The lowest BCUT2D eigenvalue weighted by molar-refractivity contribution is -0.160. The predicted octanol–water partition coefficient (Wildman–Crippen LogP) is 3.01. The van der Waals surface area contributed by atoms with Gasteiger partial charge < -0.3 is 62.4 Å². The Labute approximate surface area is 433 Å². The van der Waals surface area contributed by atoms with Crippen LogP contribution in [0.3, 0.4) is 0 Å². The van der Waals surface area contributed by atoms with Gasteiger partial charge in [-0.3, -0.25) is 43.2 Å². The molecule has 0 saturated heterocycles. The average molecular weight is 1050 g/mol. The van der Waals surface area contributed by atoms with Crippen LogP contribution in [-0.2, 0) is 64.0 Å². The highest BCUT2D eigenvalue weighted by Gasteiger charge is 2.43. The minimum absolute atomic E-state index is 0.140. The summed E-state index contributed by atoms with van der Waals surface area (Å²) in [6.45, 7) is 23.0. The van der Waals surface area contributed by atoms with E-state index in [4.69, 9.17) is 15.2 Å². The molecular weight excluding hydrogens is 967 g/mol. The van der Waals surface area contributed by atoms with Crippen LogP contribution >= 0.6 is 0 Å². The molecule has 0 fully saturated rings. The largest absolute Gasteiger partial charge is 0.481 e. The van der Waals surface area contributed by atoms with Crippen molar-refractivity contribution in [3.63, 3.8) is 0 Å². The van der Waals surface area contributed by atoms with Crippen molar-refractivity contribution in [1.29, 1.82) is 0 Å². The van der Waals surface area contributed by atoms with E-state index in [1.54, 1.807) is 106 Å². The van der Waals surface area contributed by atoms with E-state index >= 15 is 0 Å². The Balaban J connectivity index is 3.77. The summed E-state index contributed by atoms with van der Waals surface area (Å²) in [5, 5.41) is 45.4. The second-order valence-electron chi connectivity index (χ2n) is 23.1. The summed E-state index contributed by atoms with van der Waals surface area (Å²) in [5.41, 5.74) is 1.85. The van der Waals surface area contributed by atoms with E-state index < -0.39 is 173 Å². The number of hydrogen-bond acceptors (Lipinski definition) is 13. The monoisotopic (exact) mass is 1050 g/mol. The van der Waals surface area contributed by atoms with E-state index in [9.17, 15) is 68.1 Å². The summed E-state index contributed by atoms with van der Waals surface area (Å²) in [5.74, 6) is -16.1. The molecule has 0 spiro atoms. The first-order valence-electron chi connectivity index (χ1n) is 24.3. The number of nitrogens with two attached hydrogens (primary N) is 1. The second-order valence-corrected chi connectivity index (χ2v) is 23.1. The van der Waals surface area contributed by atoms with Crippen LogP contribution in [0.15, 0.2) is 30.3 Å². The maximum atomic E-state index is 14.5. The lowest BCUT2D eigenvalue weighted by Gasteiger charge is -2.34. The number of carboxylic acids is 3. The molecule has 11 N–H and O–H groups in total. The molecule has 416 valence electrons. The summed E-state index contributed by atoms with van der Waals surface area (Å²) < 4.78 is 10.6. The number of rotatable bonds is 26. The van der Waals surface area contributed by atoms with Crippen molar-refractivity contribution in [2.45, 2.75) is 178 Å². The average Bonchev–Trinajstić information content (AvgIpc) is 3.23. The molecule has 23 heteroatoms. The Bertz CT molecular complexity index is 2170. The molecule has 9 atom stereocenters. The number of alkyl carbamates (subject to hydrolysis) is 1. The van der Waals surface area contributed by atoms with Gasteiger partial charge in [0, 0.05) is 0 Å². The van der Waals surface area contributed by atoms with E-state index in [-0.39, 0.29) is 6.61 Å². The van der Waals surface area contributed by atoms with Crippen molar-refractivity contribution < 1.29 is 77.5 Å². The van der Waals surface area contributed by atoms with Gasteiger partial charge in [-0.05, 0) is 74.7 Å². The summed E-state index contributed by atoms with van der Waals surface area (Å²) in [6.07, 6.45) is -3.45. The molecule has 1 rings (SSSR count). The van der Waals surface area contributed by atoms with Crippen molar-refractivity contribution in [2.24, 2.45) is 45.7 Å². The molecule has 0 saturated carbocycles. The van der Waals surface area contributed by atoms with Crippen LogP contribution in [0, 0.1) is 39.9 Å². The van der Waals surface area contributed by atoms with Crippen molar-refractivity contribution in [1.82, 2.24) is 31.9 Å². The fraction of sp³-hybridized carbons (Fsp3) is 0.667. The van der Waals surface area contributed by atoms with Gasteiger partial charge in [0.2, 0.25) is 35.4 Å². The molecule has 1 aromatic rings. The number of amides is 7. The van der Waals surface area contributed by atoms with Gasteiger partial charge in [-0.15, -0.1) is 0 Å². The molecule has 3 unspecified atom stereocenters. The van der Waals surface area contributed by atoms with Crippen LogP contribution < -0.4 is 37.6 Å². The number of carbonyl (C=O) groups excluding carboxylic acids is 8. The van der Waals surface area contributed by atoms with Crippen LogP contribution in [0.1, 0.15) is 135 Å². The highest BCUT2D eigenvalue weighted by atomic mass is 16.6. The standard InChI is InChI=1S/C51H81N7O16/c1-26(2)37(58-47(72)73-25-28-19-17-16-18-20-28)42(64)56-34(23-31(45(69)70)50(10,11)12)40(62)55-32(21-29(43(65)66)48(4,5)6)39(61)53-27(3)38(60)54-33(22-30(44(67)68)49(7,8)9)41(63)57-35(24-36(52)59)46(71)74-51(13,14)15/h16-20,26-27,29-35,37H,21-25H2,1-15H3,(H2,52,59)(H,53,61)(H,54,60)(H,55,62)(H,56,64)(H,57,63)(H,58,72)(H,65,66)(H,67,68)(H,69,70)/t27-,29?,30?,31?,32-,33-,34-,35-,37-/m0/s1. The zero-order valence-electron chi connectivity index (χ0n) is 45.4. The van der Waals surface area contributed by atoms with Crippen molar-refractivity contribution >= 4 is 65.4 Å². The van der Waals surface area contributed by atoms with E-state index in [2.05, 4.69) is 31.9 Å². The van der Waals surface area contributed by atoms with Crippen LogP contribution in [0.5, 0.6) is 0 Å². The lowest BCUT2D eigenvalue weighted by atomic mass is 9.76. The van der Waals surface area contributed by atoms with Gasteiger partial charge in [0.15, 0.2) is 0 Å². The van der Waals surface area contributed by atoms with E-state index in [1.807, 2.05) is 0 Å². The molecule has 23 nitrogen and oxygen atoms in total. The van der Waals surface area contributed by atoms with Crippen LogP contribution in [0.25, 0.3) is 0 Å². The number of carboxylic acid groups (broad SMARTS) is 3. The first-order chi connectivity index (χ1) is 33.7. The molecule has 7 amide bonds. The van der Waals surface area contributed by atoms with Gasteiger partial charge in [-0.25, -0.2) is 9.59 Å². The summed E-state index contributed by atoms with van der Waals surface area (Å²) >= 11 is 0. The Morgan fingerprint density at radius 3 is 1.23 bits per heavy atom. The zero-order chi connectivity index (χ0) is 57.4. The number of hydrogen-bond donors (Lipinski definition) is 10. The molecule has 0 aliphatic carbocycles. The highest BCUT2D eigenvalue weighted by Crippen LogP contribution is 2.33. The number of primary amides is 1. The van der Waals surface area contributed by atoms with Gasteiger partial charge in [0.05, 0.1) is 24.2 Å². The number of carbonyl (C=O) groups is 11. The Morgan fingerprint density at radius 1 is 0.514 bits per heavy atom. The quantitative estimate of drug-likeness (QED) is 0.0596. The fourth-order valence-corrected chi connectivity index (χ4v) is 7.55. The summed E-state index contributed by atoms with van der Waals surface area (Å²) in [4.78, 5) is 147. The Morgan fingerprint density at radius 2 is 0.878 bits per heavy atom. The zero-order valence-corrected chi connectivity index (χ0v) is 45.4. The normalized spacial score (nSPS) is 15.7. The third kappa shape index (κ3) is 22.5. The third-order valence-corrected chi connectivity index (χ3v) is 11.9. The van der Waals surface area contributed by atoms with E-state index in [0.717, 1.165) is 0 Å². The van der Waals surface area contributed by atoms with E-state index in [1.165, 1.54) is 27.7 Å². The molecule has 0 radical (unpaired) electrons. The lowest BCUT2D eigenvalue weighted by Crippen LogP contribution is -2.60.